The molecule has 0 spiro atoms. The van der Waals surface area contributed by atoms with E-state index in [0.29, 0.717) is 12.1 Å². The second kappa shape index (κ2) is 3.14. The van der Waals surface area contributed by atoms with Crippen LogP contribution >= 0.6 is 0 Å². The van der Waals surface area contributed by atoms with Gasteiger partial charge in [0.25, 0.3) is 0 Å². The van der Waals surface area contributed by atoms with Gasteiger partial charge in [0.2, 0.25) is 0 Å². The third-order valence-electron chi connectivity index (χ3n) is 3.87. The van der Waals surface area contributed by atoms with E-state index >= 15 is 0 Å². The molecule has 0 aromatic carbocycles. The monoisotopic (exact) mass is 194 g/mol. The molecule has 3 aliphatic carbocycles. The molecule has 78 valence electrons. The average Bonchev–Trinajstić information content (AvgIpc) is 3.06. The van der Waals surface area contributed by atoms with Crippen LogP contribution in [0.15, 0.2) is 0 Å². The van der Waals surface area contributed by atoms with Crippen LogP contribution in [0.4, 0.5) is 4.79 Å². The molecule has 3 aliphatic rings. The largest absolute Gasteiger partial charge is 0.335 e. The van der Waals surface area contributed by atoms with E-state index in [4.69, 9.17) is 0 Å². The molecule has 0 bridgehead atoms. The number of hydrogen-bond donors (Lipinski definition) is 2. The molecule has 2 amide bonds. The number of urea groups is 1. The number of rotatable bonds is 2. The minimum absolute atomic E-state index is 0.0758. The van der Waals surface area contributed by atoms with Gasteiger partial charge in [0, 0.05) is 12.1 Å². The molecule has 14 heavy (non-hydrogen) atoms. The second-order valence-electron chi connectivity index (χ2n) is 5.03. The molecule has 2 atom stereocenters. The first kappa shape index (κ1) is 8.57. The highest BCUT2D eigenvalue weighted by molar-refractivity contribution is 5.75. The van der Waals surface area contributed by atoms with Gasteiger partial charge in [-0.05, 0) is 37.5 Å². The van der Waals surface area contributed by atoms with Crippen molar-refractivity contribution in [2.75, 3.05) is 0 Å². The van der Waals surface area contributed by atoms with E-state index in [-0.39, 0.29) is 6.03 Å². The minimum Gasteiger partial charge on any atom is -0.335 e. The number of hydrogen-bond acceptors (Lipinski definition) is 1. The van der Waals surface area contributed by atoms with Crippen molar-refractivity contribution < 1.29 is 4.79 Å². The molecule has 2 unspecified atom stereocenters. The lowest BCUT2D eigenvalue weighted by molar-refractivity contribution is 0.239. The molecule has 3 heteroatoms. The van der Waals surface area contributed by atoms with Crippen LogP contribution in [-0.4, -0.2) is 18.1 Å². The van der Waals surface area contributed by atoms with Gasteiger partial charge in [-0.25, -0.2) is 4.79 Å². The highest BCUT2D eigenvalue weighted by Crippen LogP contribution is 2.49. The first-order chi connectivity index (χ1) is 6.84. The third-order valence-corrected chi connectivity index (χ3v) is 3.87. The summed E-state index contributed by atoms with van der Waals surface area (Å²) in [7, 11) is 0. The normalized spacial score (nSPS) is 39.9. The van der Waals surface area contributed by atoms with Crippen molar-refractivity contribution in [1.29, 1.82) is 0 Å². The molecule has 0 saturated heterocycles. The zero-order valence-electron chi connectivity index (χ0n) is 8.46. The van der Waals surface area contributed by atoms with Crippen molar-refractivity contribution in [3.05, 3.63) is 0 Å². The van der Waals surface area contributed by atoms with Gasteiger partial charge in [-0.3, -0.25) is 0 Å². The third kappa shape index (κ3) is 1.60. The first-order valence-corrected chi connectivity index (χ1v) is 5.91. The Morgan fingerprint density at radius 1 is 0.929 bits per heavy atom. The number of amides is 2. The highest BCUT2D eigenvalue weighted by atomic mass is 16.2. The fourth-order valence-electron chi connectivity index (χ4n) is 2.81. The second-order valence-corrected chi connectivity index (χ2v) is 5.03. The Balaban J connectivity index is 1.46. The van der Waals surface area contributed by atoms with Gasteiger partial charge in [-0.15, -0.1) is 0 Å². The van der Waals surface area contributed by atoms with Gasteiger partial charge < -0.3 is 10.6 Å². The Kier molecular flexibility index (Phi) is 1.92. The van der Waals surface area contributed by atoms with Gasteiger partial charge in [0.1, 0.15) is 0 Å². The SMILES string of the molecule is O=C(NC1CC1)NC1C2CCCCC21. The number of carbonyl (C=O) groups is 1. The predicted octanol–water partition coefficient (Wildman–Crippen LogP) is 1.64. The fraction of sp³-hybridized carbons (Fsp3) is 0.909. The summed E-state index contributed by atoms with van der Waals surface area (Å²) >= 11 is 0. The van der Waals surface area contributed by atoms with Gasteiger partial charge >= 0.3 is 6.03 Å². The summed E-state index contributed by atoms with van der Waals surface area (Å²) in [6.07, 6.45) is 7.74. The predicted molar refractivity (Wildman–Crippen MR) is 53.9 cm³/mol. The van der Waals surface area contributed by atoms with Crippen molar-refractivity contribution in [2.45, 2.75) is 50.6 Å². The van der Waals surface area contributed by atoms with Gasteiger partial charge in [-0.1, -0.05) is 12.8 Å². The molecule has 0 radical (unpaired) electrons. The Hall–Kier alpha value is -0.730. The highest BCUT2D eigenvalue weighted by Gasteiger charge is 2.51. The molecule has 0 aromatic heterocycles. The van der Waals surface area contributed by atoms with Crippen molar-refractivity contribution in [2.24, 2.45) is 11.8 Å². The Morgan fingerprint density at radius 2 is 1.57 bits per heavy atom. The maximum atomic E-state index is 11.5. The molecule has 3 saturated carbocycles. The molecule has 0 heterocycles. The molecule has 3 fully saturated rings. The molecule has 0 aromatic rings. The van der Waals surface area contributed by atoms with Crippen molar-refractivity contribution >= 4 is 6.03 Å². The summed E-state index contributed by atoms with van der Waals surface area (Å²) in [6.45, 7) is 0. The maximum Gasteiger partial charge on any atom is 0.315 e. The van der Waals surface area contributed by atoms with Crippen LogP contribution < -0.4 is 10.6 Å². The Labute approximate surface area is 84.6 Å². The molecule has 2 N–H and O–H groups in total. The van der Waals surface area contributed by atoms with Gasteiger partial charge in [-0.2, -0.15) is 0 Å². The number of carbonyl (C=O) groups excluding carboxylic acids is 1. The summed E-state index contributed by atoms with van der Waals surface area (Å²) in [5, 5.41) is 6.10. The van der Waals surface area contributed by atoms with Crippen LogP contribution in [0.5, 0.6) is 0 Å². The smallest absolute Gasteiger partial charge is 0.315 e. The minimum atomic E-state index is 0.0758. The zero-order valence-corrected chi connectivity index (χ0v) is 8.46. The van der Waals surface area contributed by atoms with Crippen molar-refractivity contribution in [3.8, 4) is 0 Å². The first-order valence-electron chi connectivity index (χ1n) is 5.91. The quantitative estimate of drug-likeness (QED) is 0.689. The number of fused-ring (bicyclic) bond motifs is 1. The molecule has 3 nitrogen and oxygen atoms in total. The molecular weight excluding hydrogens is 176 g/mol. The zero-order chi connectivity index (χ0) is 9.54. The van der Waals surface area contributed by atoms with E-state index < -0.39 is 0 Å². The lowest BCUT2D eigenvalue weighted by Crippen LogP contribution is -2.39. The maximum absolute atomic E-state index is 11.5. The van der Waals surface area contributed by atoms with E-state index in [9.17, 15) is 4.79 Å². The van der Waals surface area contributed by atoms with Crippen LogP contribution in [0.25, 0.3) is 0 Å². The summed E-state index contributed by atoms with van der Waals surface area (Å²) in [5.41, 5.74) is 0. The summed E-state index contributed by atoms with van der Waals surface area (Å²) in [6, 6.07) is 1.07. The van der Waals surface area contributed by atoms with Crippen molar-refractivity contribution in [1.82, 2.24) is 10.6 Å². The van der Waals surface area contributed by atoms with Crippen molar-refractivity contribution in [3.63, 3.8) is 0 Å². The summed E-state index contributed by atoms with van der Waals surface area (Å²) < 4.78 is 0. The average molecular weight is 194 g/mol. The lowest BCUT2D eigenvalue weighted by atomic mass is 10.0. The summed E-state index contributed by atoms with van der Waals surface area (Å²) in [5.74, 6) is 1.63. The Bertz CT molecular complexity index is 238. The van der Waals surface area contributed by atoms with Crippen LogP contribution in [0.2, 0.25) is 0 Å². The topological polar surface area (TPSA) is 41.1 Å². The van der Waals surface area contributed by atoms with E-state index in [0.717, 1.165) is 11.8 Å². The molecule has 3 rings (SSSR count). The van der Waals surface area contributed by atoms with Crippen LogP contribution in [0.1, 0.15) is 38.5 Å². The summed E-state index contributed by atoms with van der Waals surface area (Å²) in [4.78, 5) is 11.5. The lowest BCUT2D eigenvalue weighted by Gasteiger charge is -2.05. The molecule has 0 aliphatic heterocycles. The Morgan fingerprint density at radius 3 is 2.14 bits per heavy atom. The van der Waals surface area contributed by atoms with E-state index in [1.165, 1.54) is 38.5 Å². The van der Waals surface area contributed by atoms with E-state index in [1.54, 1.807) is 0 Å². The standard InChI is InChI=1S/C11H18N2O/c14-11(12-7-5-6-7)13-10-8-3-1-2-4-9(8)10/h7-10H,1-6H2,(H2,12,13,14). The van der Waals surface area contributed by atoms with E-state index in [1.807, 2.05) is 0 Å². The van der Waals surface area contributed by atoms with Crippen LogP contribution in [0.3, 0.4) is 0 Å². The molecular formula is C11H18N2O. The fourth-order valence-corrected chi connectivity index (χ4v) is 2.81. The van der Waals surface area contributed by atoms with E-state index in [2.05, 4.69) is 10.6 Å². The van der Waals surface area contributed by atoms with Crippen LogP contribution in [0, 0.1) is 11.8 Å². The number of nitrogens with one attached hydrogen (secondary N) is 2. The van der Waals surface area contributed by atoms with Gasteiger partial charge in [0.05, 0.1) is 0 Å². The van der Waals surface area contributed by atoms with Crippen LogP contribution in [-0.2, 0) is 0 Å². The van der Waals surface area contributed by atoms with Gasteiger partial charge in [0.15, 0.2) is 0 Å².